The number of hydrogen-bond donors (Lipinski definition) is 2. The molecule has 2 rings (SSSR count). The van der Waals surface area contributed by atoms with Crippen molar-refractivity contribution >= 4 is 11.6 Å². The third kappa shape index (κ3) is 2.22. The van der Waals surface area contributed by atoms with Crippen molar-refractivity contribution in [1.29, 1.82) is 0 Å². The van der Waals surface area contributed by atoms with Gasteiger partial charge in [0.1, 0.15) is 5.82 Å². The number of nitrogens with one attached hydrogen (secondary N) is 2. The Morgan fingerprint density at radius 1 is 1.44 bits per heavy atom. The highest BCUT2D eigenvalue weighted by Gasteiger charge is 2.29. The summed E-state index contributed by atoms with van der Waals surface area (Å²) in [6.07, 6.45) is 0. The van der Waals surface area contributed by atoms with Gasteiger partial charge in [0.15, 0.2) is 0 Å². The molecule has 0 radical (unpaired) electrons. The molecule has 86 valence electrons. The van der Waals surface area contributed by atoms with Gasteiger partial charge < -0.3 is 10.6 Å². The Bertz CT molecular complexity index is 394. The zero-order valence-electron chi connectivity index (χ0n) is 9.16. The van der Waals surface area contributed by atoms with Gasteiger partial charge in [-0.3, -0.25) is 4.79 Å². The van der Waals surface area contributed by atoms with Crippen molar-refractivity contribution in [3.05, 3.63) is 30.1 Å². The Kier molecular flexibility index (Phi) is 3.19. The average molecular weight is 222 g/mol. The molecule has 1 fully saturated rings. The van der Waals surface area contributed by atoms with E-state index < -0.39 is 5.82 Å². The molecule has 1 amide bonds. The second-order valence-corrected chi connectivity index (χ2v) is 4.21. The second kappa shape index (κ2) is 4.61. The summed E-state index contributed by atoms with van der Waals surface area (Å²) in [5, 5.41) is 5.78. The molecule has 0 aromatic heterocycles. The van der Waals surface area contributed by atoms with Crippen molar-refractivity contribution in [2.24, 2.45) is 11.8 Å². The van der Waals surface area contributed by atoms with Crippen molar-refractivity contribution in [2.45, 2.75) is 6.92 Å². The fourth-order valence-electron chi connectivity index (χ4n) is 1.95. The van der Waals surface area contributed by atoms with E-state index in [4.69, 9.17) is 0 Å². The van der Waals surface area contributed by atoms with Gasteiger partial charge in [-0.05, 0) is 24.6 Å². The predicted molar refractivity (Wildman–Crippen MR) is 60.6 cm³/mol. The Balaban J connectivity index is 2.05. The van der Waals surface area contributed by atoms with Gasteiger partial charge in [-0.1, -0.05) is 19.1 Å². The van der Waals surface area contributed by atoms with Crippen LogP contribution >= 0.6 is 0 Å². The normalized spacial score (nSPS) is 24.4. The molecular formula is C12H15FN2O. The highest BCUT2D eigenvalue weighted by Crippen LogP contribution is 2.19. The van der Waals surface area contributed by atoms with E-state index in [0.717, 1.165) is 6.54 Å². The van der Waals surface area contributed by atoms with E-state index >= 15 is 0 Å². The molecule has 0 bridgehead atoms. The van der Waals surface area contributed by atoms with Gasteiger partial charge in [0.25, 0.3) is 0 Å². The molecule has 2 N–H and O–H groups in total. The van der Waals surface area contributed by atoms with Gasteiger partial charge in [0, 0.05) is 6.54 Å². The van der Waals surface area contributed by atoms with E-state index in [0.29, 0.717) is 12.5 Å². The average Bonchev–Trinajstić information content (AvgIpc) is 2.68. The summed E-state index contributed by atoms with van der Waals surface area (Å²) in [5.41, 5.74) is 0.256. The lowest BCUT2D eigenvalue weighted by Crippen LogP contribution is -2.28. The smallest absolute Gasteiger partial charge is 0.229 e. The first kappa shape index (κ1) is 11.1. The third-order valence-electron chi connectivity index (χ3n) is 2.99. The van der Waals surface area contributed by atoms with Gasteiger partial charge in [0.2, 0.25) is 5.91 Å². The van der Waals surface area contributed by atoms with Crippen LogP contribution in [0.4, 0.5) is 10.1 Å². The fourth-order valence-corrected chi connectivity index (χ4v) is 1.95. The number of benzene rings is 1. The largest absolute Gasteiger partial charge is 0.323 e. The summed E-state index contributed by atoms with van der Waals surface area (Å²) in [6.45, 7) is 3.53. The Morgan fingerprint density at radius 3 is 2.81 bits per heavy atom. The highest BCUT2D eigenvalue weighted by molar-refractivity contribution is 5.93. The molecule has 16 heavy (non-hydrogen) atoms. The van der Waals surface area contributed by atoms with E-state index in [2.05, 4.69) is 10.6 Å². The number of halogens is 1. The maximum absolute atomic E-state index is 13.3. The summed E-state index contributed by atoms with van der Waals surface area (Å²) in [6, 6.07) is 6.21. The molecule has 1 aliphatic heterocycles. The zero-order chi connectivity index (χ0) is 11.5. The summed E-state index contributed by atoms with van der Waals surface area (Å²) in [4.78, 5) is 11.9. The van der Waals surface area contributed by atoms with Gasteiger partial charge in [-0.25, -0.2) is 4.39 Å². The topological polar surface area (TPSA) is 41.1 Å². The molecule has 0 spiro atoms. The van der Waals surface area contributed by atoms with E-state index in [-0.39, 0.29) is 17.5 Å². The van der Waals surface area contributed by atoms with Gasteiger partial charge in [-0.15, -0.1) is 0 Å². The van der Waals surface area contributed by atoms with Crippen molar-refractivity contribution < 1.29 is 9.18 Å². The van der Waals surface area contributed by atoms with E-state index in [1.165, 1.54) is 6.07 Å². The monoisotopic (exact) mass is 222 g/mol. The maximum atomic E-state index is 13.3. The minimum Gasteiger partial charge on any atom is -0.323 e. The second-order valence-electron chi connectivity index (χ2n) is 4.21. The Hall–Kier alpha value is -1.42. The third-order valence-corrected chi connectivity index (χ3v) is 2.99. The molecule has 4 heteroatoms. The maximum Gasteiger partial charge on any atom is 0.229 e. The Morgan fingerprint density at radius 2 is 2.19 bits per heavy atom. The summed E-state index contributed by atoms with van der Waals surface area (Å²) in [5.74, 6) is -0.275. The van der Waals surface area contributed by atoms with Crippen LogP contribution in [0.3, 0.4) is 0 Å². The van der Waals surface area contributed by atoms with Gasteiger partial charge >= 0.3 is 0 Å². The van der Waals surface area contributed by atoms with Crippen LogP contribution in [0.1, 0.15) is 6.92 Å². The van der Waals surface area contributed by atoms with Crippen LogP contribution in [0.25, 0.3) is 0 Å². The molecule has 1 aromatic carbocycles. The molecule has 2 atom stereocenters. The van der Waals surface area contributed by atoms with Gasteiger partial charge in [0.05, 0.1) is 11.6 Å². The molecule has 0 saturated carbocycles. The van der Waals surface area contributed by atoms with Crippen LogP contribution in [0.2, 0.25) is 0 Å². The zero-order valence-corrected chi connectivity index (χ0v) is 9.16. The summed E-state index contributed by atoms with van der Waals surface area (Å²) < 4.78 is 13.3. The molecule has 1 aliphatic rings. The molecule has 2 unspecified atom stereocenters. The summed E-state index contributed by atoms with van der Waals surface area (Å²) >= 11 is 0. The molecule has 1 aromatic rings. The minimum atomic E-state index is -0.394. The Labute approximate surface area is 94.0 Å². The summed E-state index contributed by atoms with van der Waals surface area (Å²) in [7, 11) is 0. The van der Waals surface area contributed by atoms with Crippen LogP contribution < -0.4 is 10.6 Å². The number of anilines is 1. The lowest BCUT2D eigenvalue weighted by Gasteiger charge is -2.14. The number of para-hydroxylation sites is 1. The van der Waals surface area contributed by atoms with E-state index in [9.17, 15) is 9.18 Å². The number of rotatable bonds is 2. The minimum absolute atomic E-state index is 0.0698. The number of carbonyl (C=O) groups is 1. The van der Waals surface area contributed by atoms with Crippen LogP contribution in [0.5, 0.6) is 0 Å². The molecular weight excluding hydrogens is 207 g/mol. The SMILES string of the molecule is CC1CNCC1C(=O)Nc1ccccc1F. The highest BCUT2D eigenvalue weighted by atomic mass is 19.1. The van der Waals surface area contributed by atoms with Crippen LogP contribution in [-0.2, 0) is 4.79 Å². The van der Waals surface area contributed by atoms with E-state index in [1.54, 1.807) is 18.2 Å². The van der Waals surface area contributed by atoms with E-state index in [1.807, 2.05) is 6.92 Å². The standard InChI is InChI=1S/C12H15FN2O/c1-8-6-14-7-9(8)12(16)15-11-5-3-2-4-10(11)13/h2-5,8-9,14H,6-7H2,1H3,(H,15,16). The van der Waals surface area contributed by atoms with Crippen molar-refractivity contribution in [1.82, 2.24) is 5.32 Å². The molecule has 0 aliphatic carbocycles. The molecule has 3 nitrogen and oxygen atoms in total. The number of amides is 1. The molecule has 1 saturated heterocycles. The number of hydrogen-bond acceptors (Lipinski definition) is 2. The van der Waals surface area contributed by atoms with Crippen LogP contribution in [0, 0.1) is 17.7 Å². The number of carbonyl (C=O) groups excluding carboxylic acids is 1. The van der Waals surface area contributed by atoms with Gasteiger partial charge in [-0.2, -0.15) is 0 Å². The quantitative estimate of drug-likeness (QED) is 0.798. The van der Waals surface area contributed by atoms with Crippen LogP contribution in [0.15, 0.2) is 24.3 Å². The van der Waals surface area contributed by atoms with Crippen molar-refractivity contribution in [3.63, 3.8) is 0 Å². The van der Waals surface area contributed by atoms with Crippen molar-refractivity contribution in [3.8, 4) is 0 Å². The molecule has 1 heterocycles. The van der Waals surface area contributed by atoms with Crippen molar-refractivity contribution in [2.75, 3.05) is 18.4 Å². The van der Waals surface area contributed by atoms with Crippen LogP contribution in [-0.4, -0.2) is 19.0 Å². The lowest BCUT2D eigenvalue weighted by atomic mass is 9.97. The first-order valence-corrected chi connectivity index (χ1v) is 5.44. The fraction of sp³-hybridized carbons (Fsp3) is 0.417. The predicted octanol–water partition coefficient (Wildman–Crippen LogP) is 1.62. The first-order valence-electron chi connectivity index (χ1n) is 5.44. The lowest BCUT2D eigenvalue weighted by molar-refractivity contribution is -0.120. The first-order chi connectivity index (χ1) is 7.68.